The zero-order valence-corrected chi connectivity index (χ0v) is 23.9. The quantitative estimate of drug-likeness (QED) is 0.103. The van der Waals surface area contributed by atoms with Crippen molar-refractivity contribution in [3.8, 4) is 5.75 Å². The summed E-state index contributed by atoms with van der Waals surface area (Å²) in [7, 11) is 3.81. The number of hydrazone groups is 1. The van der Waals surface area contributed by atoms with E-state index in [4.69, 9.17) is 0 Å². The SMILES string of the molecule is CN(C)c1ccc(/C=C(\NC(=O)c2ccc([N+](=O)[O-])cc2)C(=O)NN=Cc2cc(I)c(O)c(I)c2)cc1. The van der Waals surface area contributed by atoms with E-state index in [1.54, 1.807) is 24.3 Å². The van der Waals surface area contributed by atoms with E-state index in [1.807, 2.05) is 76.3 Å². The highest BCUT2D eigenvalue weighted by Gasteiger charge is 2.16. The molecule has 3 aromatic rings. The Hall–Kier alpha value is -3.53. The lowest BCUT2D eigenvalue weighted by atomic mass is 10.1. The number of hydrogen-bond donors (Lipinski definition) is 3. The summed E-state index contributed by atoms with van der Waals surface area (Å²) >= 11 is 3.99. The summed E-state index contributed by atoms with van der Waals surface area (Å²) in [4.78, 5) is 38.0. The summed E-state index contributed by atoms with van der Waals surface area (Å²) in [6.45, 7) is 0. The van der Waals surface area contributed by atoms with Crippen molar-refractivity contribution in [2.24, 2.45) is 5.10 Å². The van der Waals surface area contributed by atoms with Crippen molar-refractivity contribution in [3.63, 3.8) is 0 Å². The summed E-state index contributed by atoms with van der Waals surface area (Å²) in [5.74, 6) is -1.12. The van der Waals surface area contributed by atoms with Crippen molar-refractivity contribution in [3.05, 3.63) is 100 Å². The van der Waals surface area contributed by atoms with Crippen LogP contribution >= 0.6 is 45.2 Å². The molecular formula is C25H21I2N5O5. The number of carbonyl (C=O) groups is 2. The van der Waals surface area contributed by atoms with E-state index in [0.29, 0.717) is 18.3 Å². The Morgan fingerprint density at radius 3 is 2.14 bits per heavy atom. The van der Waals surface area contributed by atoms with Crippen molar-refractivity contribution in [1.82, 2.24) is 10.7 Å². The fourth-order valence-electron chi connectivity index (χ4n) is 3.01. The summed E-state index contributed by atoms with van der Waals surface area (Å²) in [6.07, 6.45) is 2.92. The number of carbonyl (C=O) groups excluding carboxylic acids is 2. The third-order valence-corrected chi connectivity index (χ3v) is 6.62. The van der Waals surface area contributed by atoms with Crippen LogP contribution in [0.25, 0.3) is 6.08 Å². The standard InChI is InChI=1S/C25H21I2N5O5/c1-31(2)18-7-3-15(4-8-18)13-22(29-24(34)17-5-9-19(10-6-17)32(36)37)25(35)30-28-14-16-11-20(26)23(33)21(27)12-16/h3-14,33H,1-2H3,(H,29,34)(H,30,35)/b22-13-,28-14?. The van der Waals surface area contributed by atoms with E-state index >= 15 is 0 Å². The first-order chi connectivity index (χ1) is 17.5. The lowest BCUT2D eigenvalue weighted by Gasteiger charge is -2.12. The summed E-state index contributed by atoms with van der Waals surface area (Å²) < 4.78 is 1.27. The molecule has 0 heterocycles. The molecule has 0 saturated heterocycles. The molecule has 2 amide bonds. The molecular weight excluding hydrogens is 704 g/mol. The van der Waals surface area contributed by atoms with Gasteiger partial charge in [-0.2, -0.15) is 5.10 Å². The van der Waals surface area contributed by atoms with Crippen LogP contribution in [0.15, 0.2) is 71.5 Å². The molecule has 0 unspecified atom stereocenters. The number of nitro groups is 1. The Morgan fingerprint density at radius 1 is 1.00 bits per heavy atom. The largest absolute Gasteiger partial charge is 0.506 e. The maximum absolute atomic E-state index is 13.0. The maximum atomic E-state index is 13.0. The van der Waals surface area contributed by atoms with E-state index in [1.165, 1.54) is 36.6 Å². The Labute approximate surface area is 239 Å². The summed E-state index contributed by atoms with van der Waals surface area (Å²) in [5, 5.41) is 27.3. The molecule has 0 radical (unpaired) electrons. The number of anilines is 1. The van der Waals surface area contributed by atoms with E-state index < -0.39 is 16.7 Å². The van der Waals surface area contributed by atoms with E-state index in [0.717, 1.165) is 5.69 Å². The smallest absolute Gasteiger partial charge is 0.287 e. The highest BCUT2D eigenvalue weighted by Crippen LogP contribution is 2.26. The van der Waals surface area contributed by atoms with Crippen LogP contribution in [0.5, 0.6) is 5.75 Å². The minimum Gasteiger partial charge on any atom is -0.506 e. The van der Waals surface area contributed by atoms with Crippen molar-refractivity contribution < 1.29 is 19.6 Å². The number of phenols is 1. The number of halogens is 2. The molecule has 12 heteroatoms. The van der Waals surface area contributed by atoms with Gasteiger partial charge in [-0.05, 0) is 98.8 Å². The van der Waals surface area contributed by atoms with E-state index in [9.17, 15) is 24.8 Å². The maximum Gasteiger partial charge on any atom is 0.287 e. The first kappa shape index (κ1) is 28.0. The highest BCUT2D eigenvalue weighted by molar-refractivity contribution is 14.1. The Morgan fingerprint density at radius 2 is 1.59 bits per heavy atom. The van der Waals surface area contributed by atoms with Gasteiger partial charge in [0, 0.05) is 37.5 Å². The van der Waals surface area contributed by atoms with Crippen molar-refractivity contribution in [1.29, 1.82) is 0 Å². The zero-order chi connectivity index (χ0) is 27.1. The van der Waals surface area contributed by atoms with E-state index in [-0.39, 0.29) is 22.7 Å². The van der Waals surface area contributed by atoms with Gasteiger partial charge in [0.25, 0.3) is 17.5 Å². The summed E-state index contributed by atoms with van der Waals surface area (Å²) in [5.41, 5.74) is 4.59. The second-order valence-electron chi connectivity index (χ2n) is 7.83. The lowest BCUT2D eigenvalue weighted by Crippen LogP contribution is -2.32. The average Bonchev–Trinajstić information content (AvgIpc) is 2.87. The topological polar surface area (TPSA) is 137 Å². The molecule has 0 saturated carbocycles. The number of nitrogens with zero attached hydrogens (tertiary/aromatic N) is 3. The number of nitrogens with one attached hydrogen (secondary N) is 2. The molecule has 0 aliphatic rings. The number of non-ortho nitro benzene ring substituents is 1. The number of benzene rings is 3. The predicted molar refractivity (Wildman–Crippen MR) is 159 cm³/mol. The minimum absolute atomic E-state index is 0.0760. The Kier molecular flexibility index (Phi) is 9.57. The van der Waals surface area contributed by atoms with Crippen molar-refractivity contribution >= 4 is 80.7 Å². The van der Waals surface area contributed by atoms with Crippen LogP contribution in [0.1, 0.15) is 21.5 Å². The van der Waals surface area contributed by atoms with Crippen molar-refractivity contribution in [2.75, 3.05) is 19.0 Å². The Bertz CT molecular complexity index is 1360. The van der Waals surface area contributed by atoms with Crippen LogP contribution in [-0.4, -0.2) is 42.2 Å². The molecule has 0 aromatic heterocycles. The van der Waals surface area contributed by atoms with Crippen LogP contribution in [0.4, 0.5) is 11.4 Å². The van der Waals surface area contributed by atoms with Crippen LogP contribution in [0, 0.1) is 17.3 Å². The first-order valence-corrected chi connectivity index (χ1v) is 12.8. The number of amides is 2. The first-order valence-electron chi connectivity index (χ1n) is 10.6. The average molecular weight is 725 g/mol. The molecule has 10 nitrogen and oxygen atoms in total. The molecule has 37 heavy (non-hydrogen) atoms. The molecule has 190 valence electrons. The zero-order valence-electron chi connectivity index (χ0n) is 19.6. The molecule has 0 aliphatic carbocycles. The van der Waals surface area contributed by atoms with Crippen LogP contribution in [0.2, 0.25) is 0 Å². The van der Waals surface area contributed by atoms with Crippen molar-refractivity contribution in [2.45, 2.75) is 0 Å². The second-order valence-corrected chi connectivity index (χ2v) is 10.2. The highest BCUT2D eigenvalue weighted by atomic mass is 127. The van der Waals surface area contributed by atoms with Gasteiger partial charge in [0.1, 0.15) is 11.4 Å². The van der Waals surface area contributed by atoms with Gasteiger partial charge in [-0.3, -0.25) is 19.7 Å². The normalized spacial score (nSPS) is 11.3. The fourth-order valence-corrected chi connectivity index (χ4v) is 4.82. The molecule has 3 aromatic carbocycles. The number of phenolic OH excluding ortho intramolecular Hbond substituents is 1. The number of hydrogen-bond acceptors (Lipinski definition) is 7. The van der Waals surface area contributed by atoms with Crippen LogP contribution < -0.4 is 15.6 Å². The minimum atomic E-state index is -0.675. The number of rotatable bonds is 8. The van der Waals surface area contributed by atoms with Gasteiger partial charge >= 0.3 is 0 Å². The molecule has 3 rings (SSSR count). The lowest BCUT2D eigenvalue weighted by molar-refractivity contribution is -0.384. The third-order valence-electron chi connectivity index (χ3n) is 4.97. The second kappa shape index (κ2) is 12.6. The molecule has 0 atom stereocenters. The predicted octanol–water partition coefficient (Wildman–Crippen LogP) is 4.50. The monoisotopic (exact) mass is 725 g/mol. The number of aromatic hydroxyl groups is 1. The van der Waals surface area contributed by atoms with Gasteiger partial charge < -0.3 is 15.3 Å². The van der Waals surface area contributed by atoms with Gasteiger partial charge in [0.05, 0.1) is 18.3 Å². The molecule has 0 fully saturated rings. The van der Waals surface area contributed by atoms with Crippen LogP contribution in [-0.2, 0) is 4.79 Å². The molecule has 3 N–H and O–H groups in total. The van der Waals surface area contributed by atoms with E-state index in [2.05, 4.69) is 15.8 Å². The third kappa shape index (κ3) is 7.72. The summed E-state index contributed by atoms with van der Waals surface area (Å²) in [6, 6.07) is 15.8. The number of nitro benzene ring substituents is 1. The molecule has 0 bridgehead atoms. The van der Waals surface area contributed by atoms with Crippen LogP contribution in [0.3, 0.4) is 0 Å². The molecule has 0 aliphatic heterocycles. The van der Waals surface area contributed by atoms with Gasteiger partial charge in [-0.15, -0.1) is 0 Å². The van der Waals surface area contributed by atoms with Gasteiger partial charge in [0.2, 0.25) is 0 Å². The molecule has 0 spiro atoms. The Balaban J connectivity index is 1.84. The van der Waals surface area contributed by atoms with Gasteiger partial charge in [0.15, 0.2) is 0 Å². The van der Waals surface area contributed by atoms with Gasteiger partial charge in [-0.25, -0.2) is 5.43 Å². The fraction of sp³-hybridized carbons (Fsp3) is 0.0800. The van der Waals surface area contributed by atoms with Gasteiger partial charge in [-0.1, -0.05) is 12.1 Å².